The van der Waals surface area contributed by atoms with E-state index in [-0.39, 0.29) is 28.1 Å². The zero-order valence-electron chi connectivity index (χ0n) is 15.4. The van der Waals surface area contributed by atoms with E-state index in [1.807, 2.05) is 30.3 Å². The second-order valence-corrected chi connectivity index (χ2v) is 7.13. The molecule has 0 aromatic heterocycles. The fourth-order valence-electron chi connectivity index (χ4n) is 2.85. The van der Waals surface area contributed by atoms with E-state index in [0.717, 1.165) is 11.1 Å². The predicted octanol–water partition coefficient (Wildman–Crippen LogP) is 6.04. The maximum Gasteiger partial charge on any atom is 0.307 e. The molecule has 0 aliphatic heterocycles. The molecule has 29 heavy (non-hydrogen) atoms. The normalized spacial score (nSPS) is 10.4. The largest absolute Gasteiger partial charge is 0.481 e. The minimum absolute atomic E-state index is 0.184. The molecule has 0 bridgehead atoms. The van der Waals surface area contributed by atoms with Crippen molar-refractivity contribution in [2.45, 2.75) is 13.3 Å². The van der Waals surface area contributed by atoms with Crippen LogP contribution in [0.4, 0.5) is 5.69 Å². The Kier molecular flexibility index (Phi) is 6.42. The monoisotopic (exact) mass is 429 g/mol. The van der Waals surface area contributed by atoms with Crippen molar-refractivity contribution in [1.82, 2.24) is 0 Å². The lowest BCUT2D eigenvalue weighted by atomic mass is 10.0. The number of hydrogen-bond acceptors (Lipinski definition) is 3. The highest BCUT2D eigenvalue weighted by atomic mass is 35.5. The van der Waals surface area contributed by atoms with Crippen LogP contribution in [0.15, 0.2) is 60.7 Å². The lowest BCUT2D eigenvalue weighted by Crippen LogP contribution is -2.07. The molecule has 0 radical (unpaired) electrons. The Balaban J connectivity index is 1.98. The van der Waals surface area contributed by atoms with Gasteiger partial charge in [-0.05, 0) is 41.5 Å². The molecule has 1 amide bonds. The minimum atomic E-state index is -0.980. The maximum absolute atomic E-state index is 11.6. The predicted molar refractivity (Wildman–Crippen MR) is 114 cm³/mol. The van der Waals surface area contributed by atoms with Crippen molar-refractivity contribution in [3.63, 3.8) is 0 Å². The summed E-state index contributed by atoms with van der Waals surface area (Å²) in [4.78, 5) is 22.5. The SMILES string of the molecule is CC(=O)Nc1ccc(Oc2c(Cl)cc(CC(=O)O)cc2Cl)cc1-c1ccccc1. The molecule has 0 heterocycles. The smallest absolute Gasteiger partial charge is 0.307 e. The van der Waals surface area contributed by atoms with E-state index in [4.69, 9.17) is 33.0 Å². The number of aliphatic carboxylic acids is 1. The summed E-state index contributed by atoms with van der Waals surface area (Å²) in [6, 6.07) is 17.8. The van der Waals surface area contributed by atoms with Gasteiger partial charge in [-0.2, -0.15) is 0 Å². The third-order valence-corrected chi connectivity index (χ3v) is 4.58. The molecular formula is C22H17Cl2NO4. The minimum Gasteiger partial charge on any atom is -0.481 e. The molecule has 3 rings (SSSR count). The molecule has 0 aliphatic rings. The summed E-state index contributed by atoms with van der Waals surface area (Å²) in [5.74, 6) is -0.468. The van der Waals surface area contributed by atoms with Crippen molar-refractivity contribution in [3.8, 4) is 22.6 Å². The van der Waals surface area contributed by atoms with E-state index < -0.39 is 5.97 Å². The molecule has 7 heteroatoms. The highest BCUT2D eigenvalue weighted by Crippen LogP contribution is 2.40. The van der Waals surface area contributed by atoms with Gasteiger partial charge in [-0.3, -0.25) is 9.59 Å². The third-order valence-electron chi connectivity index (χ3n) is 4.02. The number of ether oxygens (including phenoxy) is 1. The first-order valence-corrected chi connectivity index (χ1v) is 9.43. The average Bonchev–Trinajstić information content (AvgIpc) is 2.65. The summed E-state index contributed by atoms with van der Waals surface area (Å²) in [6.07, 6.45) is -0.191. The highest BCUT2D eigenvalue weighted by molar-refractivity contribution is 6.37. The number of anilines is 1. The molecule has 5 nitrogen and oxygen atoms in total. The zero-order valence-corrected chi connectivity index (χ0v) is 16.9. The number of halogens is 2. The molecule has 0 spiro atoms. The maximum atomic E-state index is 11.6. The van der Waals surface area contributed by atoms with Gasteiger partial charge in [0.1, 0.15) is 5.75 Å². The van der Waals surface area contributed by atoms with Crippen LogP contribution >= 0.6 is 23.2 Å². The van der Waals surface area contributed by atoms with E-state index in [0.29, 0.717) is 17.0 Å². The first kappa shape index (κ1) is 20.7. The second-order valence-electron chi connectivity index (χ2n) is 6.32. The number of nitrogens with one attached hydrogen (secondary N) is 1. The molecule has 0 aliphatic carbocycles. The summed E-state index contributed by atoms with van der Waals surface area (Å²) in [5, 5.41) is 12.2. The Hall–Kier alpha value is -3.02. The van der Waals surface area contributed by atoms with Crippen LogP contribution in [0, 0.1) is 0 Å². The number of carboxylic acids is 1. The Bertz CT molecular complexity index is 1040. The zero-order chi connectivity index (χ0) is 21.0. The second kappa shape index (κ2) is 8.99. The highest BCUT2D eigenvalue weighted by Gasteiger charge is 2.14. The van der Waals surface area contributed by atoms with Crippen LogP contribution in [0.1, 0.15) is 12.5 Å². The molecule has 0 atom stereocenters. The van der Waals surface area contributed by atoms with Gasteiger partial charge in [0.15, 0.2) is 5.75 Å². The van der Waals surface area contributed by atoms with Gasteiger partial charge in [-0.1, -0.05) is 53.5 Å². The van der Waals surface area contributed by atoms with Crippen molar-refractivity contribution in [1.29, 1.82) is 0 Å². The molecular weight excluding hydrogens is 413 g/mol. The van der Waals surface area contributed by atoms with Gasteiger partial charge in [0.2, 0.25) is 5.91 Å². The van der Waals surface area contributed by atoms with E-state index in [2.05, 4.69) is 5.32 Å². The average molecular weight is 430 g/mol. The summed E-state index contributed by atoms with van der Waals surface area (Å²) in [5.41, 5.74) is 2.79. The molecule has 3 aromatic rings. The fourth-order valence-corrected chi connectivity index (χ4v) is 3.46. The standard InChI is InChI=1S/C22H17Cl2NO4/c1-13(26)25-20-8-7-16(12-17(20)15-5-3-2-4-6-15)29-22-18(23)9-14(10-19(22)24)11-21(27)28/h2-10,12H,11H2,1H3,(H,25,26)(H,27,28). The van der Waals surface area contributed by atoms with Crippen molar-refractivity contribution < 1.29 is 19.4 Å². The third kappa shape index (κ3) is 5.28. The topological polar surface area (TPSA) is 75.6 Å². The summed E-state index contributed by atoms with van der Waals surface area (Å²) in [7, 11) is 0. The molecule has 0 saturated carbocycles. The Morgan fingerprint density at radius 1 is 1.00 bits per heavy atom. The molecule has 0 unspecified atom stereocenters. The molecule has 0 fully saturated rings. The number of rotatable bonds is 6. The van der Waals surface area contributed by atoms with Crippen LogP contribution in [-0.4, -0.2) is 17.0 Å². The van der Waals surface area contributed by atoms with Gasteiger partial charge >= 0.3 is 5.97 Å². The number of hydrogen-bond donors (Lipinski definition) is 2. The molecule has 2 N–H and O–H groups in total. The molecule has 148 valence electrons. The lowest BCUT2D eigenvalue weighted by Gasteiger charge is -2.15. The number of benzene rings is 3. The molecule has 3 aromatic carbocycles. The van der Waals surface area contributed by atoms with Gasteiger partial charge in [0.25, 0.3) is 0 Å². The van der Waals surface area contributed by atoms with Crippen LogP contribution in [0.25, 0.3) is 11.1 Å². The van der Waals surface area contributed by atoms with Crippen LogP contribution in [0.3, 0.4) is 0 Å². The van der Waals surface area contributed by atoms with Crippen molar-refractivity contribution in [2.75, 3.05) is 5.32 Å². The number of amides is 1. The van der Waals surface area contributed by atoms with Gasteiger partial charge < -0.3 is 15.2 Å². The van der Waals surface area contributed by atoms with E-state index in [1.165, 1.54) is 19.1 Å². The molecule has 0 saturated heterocycles. The van der Waals surface area contributed by atoms with E-state index in [9.17, 15) is 9.59 Å². The first-order chi connectivity index (χ1) is 13.8. The summed E-state index contributed by atoms with van der Waals surface area (Å²) < 4.78 is 5.90. The van der Waals surface area contributed by atoms with Gasteiger partial charge in [-0.25, -0.2) is 0 Å². The number of carboxylic acid groups (broad SMARTS) is 1. The summed E-state index contributed by atoms with van der Waals surface area (Å²) in [6.45, 7) is 1.44. The van der Waals surface area contributed by atoms with Gasteiger partial charge in [0.05, 0.1) is 16.5 Å². The lowest BCUT2D eigenvalue weighted by molar-refractivity contribution is -0.136. The van der Waals surface area contributed by atoms with Crippen molar-refractivity contribution in [2.24, 2.45) is 0 Å². The number of carbonyl (C=O) groups is 2. The number of carbonyl (C=O) groups excluding carboxylic acids is 1. The quantitative estimate of drug-likeness (QED) is 0.500. The van der Waals surface area contributed by atoms with E-state index >= 15 is 0 Å². The van der Waals surface area contributed by atoms with Crippen LogP contribution < -0.4 is 10.1 Å². The Morgan fingerprint density at radius 2 is 1.66 bits per heavy atom. The van der Waals surface area contributed by atoms with E-state index in [1.54, 1.807) is 18.2 Å². The van der Waals surface area contributed by atoms with Crippen molar-refractivity contribution >= 4 is 40.8 Å². The summed E-state index contributed by atoms with van der Waals surface area (Å²) >= 11 is 12.5. The van der Waals surface area contributed by atoms with Crippen LogP contribution in [-0.2, 0) is 16.0 Å². The first-order valence-electron chi connectivity index (χ1n) is 8.68. The fraction of sp³-hybridized carbons (Fsp3) is 0.0909. The Labute approximate surface area is 177 Å². The Morgan fingerprint density at radius 3 is 2.24 bits per heavy atom. The van der Waals surface area contributed by atoms with Gasteiger partial charge in [0, 0.05) is 18.2 Å². The van der Waals surface area contributed by atoms with Crippen LogP contribution in [0.2, 0.25) is 10.0 Å². The van der Waals surface area contributed by atoms with Gasteiger partial charge in [-0.15, -0.1) is 0 Å². The van der Waals surface area contributed by atoms with Crippen molar-refractivity contribution in [3.05, 3.63) is 76.3 Å². The van der Waals surface area contributed by atoms with Crippen LogP contribution in [0.5, 0.6) is 11.5 Å².